The largest absolute Gasteiger partial charge is 0.355 e. The summed E-state index contributed by atoms with van der Waals surface area (Å²) in [7, 11) is 0. The molecule has 4 aromatic carbocycles. The standard InChI is InChI=1S/C18H15N.C8H8/c1-3-9-15(10-4-1)17-13-7-8-14-18(17)19-16-11-5-2-6-12-16;1-2-8-6-4-3-5-7-8/h1-14,19H;2-7H,1H2. The third kappa shape index (κ3) is 5.45. The Bertz CT molecular complexity index is 945. The maximum atomic E-state index is 3.63. The maximum absolute atomic E-state index is 3.63. The van der Waals surface area contributed by atoms with Gasteiger partial charge in [-0.25, -0.2) is 0 Å². The number of benzene rings is 4. The van der Waals surface area contributed by atoms with Crippen LogP contribution in [0.4, 0.5) is 11.4 Å². The van der Waals surface area contributed by atoms with Crippen molar-refractivity contribution in [2.75, 3.05) is 5.32 Å². The SMILES string of the molecule is C=Cc1ccccc1.c1ccc(Nc2ccccc2-c2ccccc2)cc1. The fourth-order valence-corrected chi connectivity index (χ4v) is 2.73. The van der Waals surface area contributed by atoms with Crippen LogP contribution >= 0.6 is 0 Å². The molecule has 0 unspecified atom stereocenters. The average Bonchev–Trinajstić information content (AvgIpc) is 2.76. The van der Waals surface area contributed by atoms with E-state index in [1.54, 1.807) is 0 Å². The zero-order valence-electron chi connectivity index (χ0n) is 15.3. The molecule has 1 heteroatoms. The van der Waals surface area contributed by atoms with Gasteiger partial charge in [-0.1, -0.05) is 110 Å². The van der Waals surface area contributed by atoms with Crippen LogP contribution in [0.2, 0.25) is 0 Å². The van der Waals surface area contributed by atoms with Crippen molar-refractivity contribution in [1.82, 2.24) is 0 Å². The smallest absolute Gasteiger partial charge is 0.0463 e. The summed E-state index contributed by atoms with van der Waals surface area (Å²) >= 11 is 0. The Morgan fingerprint density at radius 2 is 1.07 bits per heavy atom. The number of para-hydroxylation sites is 2. The Morgan fingerprint density at radius 1 is 0.556 bits per heavy atom. The summed E-state index contributed by atoms with van der Waals surface area (Å²) in [6.45, 7) is 3.63. The molecule has 4 aromatic rings. The van der Waals surface area contributed by atoms with Gasteiger partial charge in [0.1, 0.15) is 0 Å². The quantitative estimate of drug-likeness (QED) is 0.404. The molecule has 0 aliphatic heterocycles. The van der Waals surface area contributed by atoms with Gasteiger partial charge in [0.2, 0.25) is 0 Å². The van der Waals surface area contributed by atoms with Crippen molar-refractivity contribution in [3.8, 4) is 11.1 Å². The molecule has 0 heterocycles. The van der Waals surface area contributed by atoms with Crippen molar-refractivity contribution in [3.05, 3.63) is 127 Å². The van der Waals surface area contributed by atoms with Crippen LogP contribution in [0.3, 0.4) is 0 Å². The van der Waals surface area contributed by atoms with Crippen LogP contribution in [0.5, 0.6) is 0 Å². The summed E-state index contributed by atoms with van der Waals surface area (Å²) in [5.41, 5.74) is 5.84. The first-order valence-electron chi connectivity index (χ1n) is 9.01. The summed E-state index contributed by atoms with van der Waals surface area (Å²) in [5.74, 6) is 0. The lowest BCUT2D eigenvalue weighted by Crippen LogP contribution is -1.92. The summed E-state index contributed by atoms with van der Waals surface area (Å²) < 4.78 is 0. The van der Waals surface area contributed by atoms with E-state index in [9.17, 15) is 0 Å². The minimum absolute atomic E-state index is 1.10. The van der Waals surface area contributed by atoms with E-state index < -0.39 is 0 Å². The zero-order chi connectivity index (χ0) is 18.7. The Kier molecular flexibility index (Phi) is 6.60. The molecule has 0 bridgehead atoms. The Balaban J connectivity index is 0.000000221. The molecule has 1 nitrogen and oxygen atoms in total. The van der Waals surface area contributed by atoms with E-state index >= 15 is 0 Å². The van der Waals surface area contributed by atoms with E-state index in [1.165, 1.54) is 16.7 Å². The molecule has 4 rings (SSSR count). The number of hydrogen-bond acceptors (Lipinski definition) is 1. The van der Waals surface area contributed by atoms with Gasteiger partial charge in [0.05, 0.1) is 0 Å². The van der Waals surface area contributed by atoms with Gasteiger partial charge < -0.3 is 5.32 Å². The van der Waals surface area contributed by atoms with Crippen molar-refractivity contribution in [1.29, 1.82) is 0 Å². The molecule has 0 aliphatic rings. The van der Waals surface area contributed by atoms with Crippen molar-refractivity contribution >= 4 is 17.5 Å². The lowest BCUT2D eigenvalue weighted by molar-refractivity contribution is 1.53. The van der Waals surface area contributed by atoms with Gasteiger partial charge >= 0.3 is 0 Å². The Morgan fingerprint density at radius 3 is 1.67 bits per heavy atom. The average molecular weight is 349 g/mol. The lowest BCUT2D eigenvalue weighted by atomic mass is 10.0. The third-order valence-electron chi connectivity index (χ3n) is 4.10. The minimum Gasteiger partial charge on any atom is -0.355 e. The first kappa shape index (κ1) is 18.2. The van der Waals surface area contributed by atoms with Gasteiger partial charge in [-0.05, 0) is 29.3 Å². The van der Waals surface area contributed by atoms with E-state index in [0.717, 1.165) is 11.4 Å². The molecule has 0 amide bonds. The maximum Gasteiger partial charge on any atom is 0.0463 e. The van der Waals surface area contributed by atoms with E-state index in [0.29, 0.717) is 0 Å². The first-order valence-corrected chi connectivity index (χ1v) is 9.01. The molecule has 132 valence electrons. The van der Waals surface area contributed by atoms with Crippen molar-refractivity contribution in [3.63, 3.8) is 0 Å². The van der Waals surface area contributed by atoms with E-state index in [2.05, 4.69) is 72.6 Å². The highest BCUT2D eigenvalue weighted by Crippen LogP contribution is 2.29. The van der Waals surface area contributed by atoms with Crippen LogP contribution in [0, 0.1) is 0 Å². The van der Waals surface area contributed by atoms with Gasteiger partial charge in [-0.15, -0.1) is 0 Å². The molecule has 0 saturated heterocycles. The van der Waals surface area contributed by atoms with E-state index in [4.69, 9.17) is 0 Å². The highest BCUT2D eigenvalue weighted by Gasteiger charge is 2.03. The molecule has 1 N–H and O–H groups in total. The Hall–Kier alpha value is -3.58. The predicted octanol–water partition coefficient (Wildman–Crippen LogP) is 7.43. The van der Waals surface area contributed by atoms with Crippen LogP contribution in [0.15, 0.2) is 122 Å². The molecular formula is C26H23N. The van der Waals surface area contributed by atoms with Crippen molar-refractivity contribution < 1.29 is 0 Å². The predicted molar refractivity (Wildman–Crippen MR) is 118 cm³/mol. The van der Waals surface area contributed by atoms with E-state index in [-0.39, 0.29) is 0 Å². The fraction of sp³-hybridized carbons (Fsp3) is 0. The Labute approximate surface area is 161 Å². The molecule has 0 aromatic heterocycles. The number of nitrogens with one attached hydrogen (secondary N) is 1. The van der Waals surface area contributed by atoms with Gasteiger partial charge in [-0.2, -0.15) is 0 Å². The van der Waals surface area contributed by atoms with Crippen molar-refractivity contribution in [2.24, 2.45) is 0 Å². The second kappa shape index (κ2) is 9.79. The van der Waals surface area contributed by atoms with Crippen molar-refractivity contribution in [2.45, 2.75) is 0 Å². The summed E-state index contributed by atoms with van der Waals surface area (Å²) in [6, 6.07) is 39.1. The van der Waals surface area contributed by atoms with Gasteiger partial charge in [0.15, 0.2) is 0 Å². The molecule has 0 saturated carbocycles. The highest BCUT2D eigenvalue weighted by molar-refractivity contribution is 5.80. The molecule has 0 atom stereocenters. The molecule has 0 spiro atoms. The topological polar surface area (TPSA) is 12.0 Å². The number of anilines is 2. The highest BCUT2D eigenvalue weighted by atomic mass is 14.9. The molecule has 27 heavy (non-hydrogen) atoms. The van der Waals surface area contributed by atoms with Gasteiger partial charge in [0.25, 0.3) is 0 Å². The molecule has 0 fully saturated rings. The second-order valence-electron chi connectivity index (χ2n) is 6.02. The second-order valence-corrected chi connectivity index (χ2v) is 6.02. The summed E-state index contributed by atoms with van der Waals surface area (Å²) in [5, 5.41) is 3.47. The number of rotatable bonds is 4. The van der Waals surface area contributed by atoms with Gasteiger partial charge in [0, 0.05) is 16.9 Å². The normalized spacial score (nSPS) is 9.63. The van der Waals surface area contributed by atoms with Crippen LogP contribution in [0.1, 0.15) is 5.56 Å². The lowest BCUT2D eigenvalue weighted by Gasteiger charge is -2.12. The zero-order valence-corrected chi connectivity index (χ0v) is 15.3. The van der Waals surface area contributed by atoms with Crippen LogP contribution in [-0.2, 0) is 0 Å². The monoisotopic (exact) mass is 349 g/mol. The first-order chi connectivity index (χ1) is 13.4. The molecule has 0 aliphatic carbocycles. The van der Waals surface area contributed by atoms with Crippen LogP contribution < -0.4 is 5.32 Å². The summed E-state index contributed by atoms with van der Waals surface area (Å²) in [4.78, 5) is 0. The van der Waals surface area contributed by atoms with Crippen LogP contribution in [0.25, 0.3) is 17.2 Å². The van der Waals surface area contributed by atoms with Gasteiger partial charge in [-0.3, -0.25) is 0 Å². The fourth-order valence-electron chi connectivity index (χ4n) is 2.73. The van der Waals surface area contributed by atoms with E-state index in [1.807, 2.05) is 60.7 Å². The third-order valence-corrected chi connectivity index (χ3v) is 4.10. The van der Waals surface area contributed by atoms with Crippen LogP contribution in [-0.4, -0.2) is 0 Å². The molecule has 0 radical (unpaired) electrons. The summed E-state index contributed by atoms with van der Waals surface area (Å²) in [6.07, 6.45) is 1.83. The number of hydrogen-bond donors (Lipinski definition) is 1. The molecular weight excluding hydrogens is 326 g/mol. The minimum atomic E-state index is 1.10.